The fraction of sp³-hybridized carbons (Fsp3) is 0.538. The molecule has 0 aromatic heterocycles. The minimum atomic E-state index is -3.44. The summed E-state index contributed by atoms with van der Waals surface area (Å²) in [6.45, 7) is 2.37. The zero-order valence-corrected chi connectivity index (χ0v) is 12.4. The first-order chi connectivity index (χ1) is 8.85. The summed E-state index contributed by atoms with van der Waals surface area (Å²) >= 11 is 0. The predicted molar refractivity (Wildman–Crippen MR) is 76.7 cm³/mol. The molecule has 5 nitrogen and oxygen atoms in total. The first kappa shape index (κ1) is 15.9. The Morgan fingerprint density at radius 1 is 1.32 bits per heavy atom. The van der Waals surface area contributed by atoms with Crippen LogP contribution in [0.2, 0.25) is 0 Å². The fourth-order valence-corrected chi connectivity index (χ4v) is 2.72. The second kappa shape index (κ2) is 6.88. The molecule has 0 aliphatic rings. The lowest BCUT2D eigenvalue weighted by Gasteiger charge is -2.16. The fourth-order valence-electron chi connectivity index (χ4n) is 1.65. The maximum atomic E-state index is 12.1. The lowest BCUT2D eigenvalue weighted by Crippen LogP contribution is -2.23. The molecule has 0 amide bonds. The van der Waals surface area contributed by atoms with Crippen molar-refractivity contribution in [3.05, 3.63) is 24.3 Å². The van der Waals surface area contributed by atoms with E-state index in [0.717, 1.165) is 6.42 Å². The zero-order chi connectivity index (χ0) is 14.5. The largest absolute Gasteiger partial charge is 0.393 e. The first-order valence-corrected chi connectivity index (χ1v) is 7.73. The van der Waals surface area contributed by atoms with Crippen LogP contribution in [0.15, 0.2) is 29.2 Å². The second-order valence-electron chi connectivity index (χ2n) is 4.70. The van der Waals surface area contributed by atoms with E-state index in [1.54, 1.807) is 31.2 Å². The van der Waals surface area contributed by atoms with Gasteiger partial charge in [-0.2, -0.15) is 0 Å². The molecule has 1 rings (SSSR count). The molecule has 0 heterocycles. The Balaban J connectivity index is 2.80. The first-order valence-electron chi connectivity index (χ1n) is 6.29. The van der Waals surface area contributed by atoms with Crippen LogP contribution in [-0.4, -0.2) is 44.6 Å². The summed E-state index contributed by atoms with van der Waals surface area (Å²) in [5.74, 6) is 0. The Hall–Kier alpha value is -1.11. The van der Waals surface area contributed by atoms with Crippen molar-refractivity contribution < 1.29 is 13.5 Å². The quantitative estimate of drug-likeness (QED) is 0.746. The number of para-hydroxylation sites is 1. The maximum Gasteiger partial charge on any atom is 0.244 e. The number of sulfonamides is 1. The van der Waals surface area contributed by atoms with Crippen LogP contribution in [0, 0.1) is 0 Å². The molecule has 0 fully saturated rings. The molecule has 0 saturated carbocycles. The van der Waals surface area contributed by atoms with Crippen molar-refractivity contribution >= 4 is 15.7 Å². The molecule has 1 atom stereocenters. The van der Waals surface area contributed by atoms with Crippen LogP contribution in [0.3, 0.4) is 0 Å². The molecule has 0 spiro atoms. The van der Waals surface area contributed by atoms with E-state index >= 15 is 0 Å². The average molecular weight is 286 g/mol. The zero-order valence-electron chi connectivity index (χ0n) is 11.6. The molecular formula is C13H22N2O3S. The Morgan fingerprint density at radius 2 is 1.95 bits per heavy atom. The number of benzene rings is 1. The molecule has 2 N–H and O–H groups in total. The summed E-state index contributed by atoms with van der Waals surface area (Å²) in [5.41, 5.74) is 0.599. The van der Waals surface area contributed by atoms with Crippen LogP contribution >= 0.6 is 0 Å². The Labute approximate surface area is 115 Å². The normalized spacial score (nSPS) is 13.5. The standard InChI is InChI=1S/C13H22N2O3S/c1-11(16)7-6-10-14-12-8-4-5-9-13(12)19(17,18)15(2)3/h4-5,8-9,11,14,16H,6-7,10H2,1-3H3. The summed E-state index contributed by atoms with van der Waals surface area (Å²) in [7, 11) is -0.413. The van der Waals surface area contributed by atoms with Gasteiger partial charge in [0.15, 0.2) is 0 Å². The van der Waals surface area contributed by atoms with Gasteiger partial charge in [-0.1, -0.05) is 12.1 Å². The van der Waals surface area contributed by atoms with E-state index < -0.39 is 10.0 Å². The molecular weight excluding hydrogens is 264 g/mol. The second-order valence-corrected chi connectivity index (χ2v) is 6.82. The third-order valence-electron chi connectivity index (χ3n) is 2.76. The highest BCUT2D eigenvalue weighted by Crippen LogP contribution is 2.23. The number of nitrogens with one attached hydrogen (secondary N) is 1. The topological polar surface area (TPSA) is 69.6 Å². The van der Waals surface area contributed by atoms with Crippen molar-refractivity contribution in [3.63, 3.8) is 0 Å². The van der Waals surface area contributed by atoms with Crippen molar-refractivity contribution in [3.8, 4) is 0 Å². The molecule has 108 valence electrons. The molecule has 1 aromatic rings. The lowest BCUT2D eigenvalue weighted by atomic mass is 10.2. The molecule has 0 saturated heterocycles. The number of nitrogens with zero attached hydrogens (tertiary/aromatic N) is 1. The number of rotatable bonds is 7. The molecule has 1 aromatic carbocycles. The lowest BCUT2D eigenvalue weighted by molar-refractivity contribution is 0.183. The average Bonchev–Trinajstić information content (AvgIpc) is 2.34. The van der Waals surface area contributed by atoms with Crippen molar-refractivity contribution in [2.45, 2.75) is 30.8 Å². The molecule has 0 aliphatic heterocycles. The van der Waals surface area contributed by atoms with Crippen molar-refractivity contribution in [2.24, 2.45) is 0 Å². The van der Waals surface area contributed by atoms with E-state index in [1.165, 1.54) is 18.4 Å². The van der Waals surface area contributed by atoms with E-state index in [2.05, 4.69) is 5.32 Å². The highest BCUT2D eigenvalue weighted by Gasteiger charge is 2.20. The van der Waals surface area contributed by atoms with Crippen LogP contribution in [-0.2, 0) is 10.0 Å². The van der Waals surface area contributed by atoms with Crippen LogP contribution < -0.4 is 5.32 Å². The third-order valence-corrected chi connectivity index (χ3v) is 4.63. The SMILES string of the molecule is CC(O)CCCNc1ccccc1S(=O)(=O)N(C)C. The molecule has 0 aliphatic carbocycles. The van der Waals surface area contributed by atoms with Crippen LogP contribution in [0.4, 0.5) is 5.69 Å². The molecule has 1 unspecified atom stereocenters. The van der Waals surface area contributed by atoms with Gasteiger partial charge in [0, 0.05) is 20.6 Å². The van der Waals surface area contributed by atoms with Gasteiger partial charge in [-0.3, -0.25) is 0 Å². The Morgan fingerprint density at radius 3 is 2.53 bits per heavy atom. The van der Waals surface area contributed by atoms with Gasteiger partial charge in [-0.05, 0) is 31.9 Å². The molecule has 19 heavy (non-hydrogen) atoms. The van der Waals surface area contributed by atoms with Gasteiger partial charge in [0.2, 0.25) is 10.0 Å². The molecule has 0 radical (unpaired) electrons. The maximum absolute atomic E-state index is 12.1. The monoisotopic (exact) mass is 286 g/mol. The van der Waals surface area contributed by atoms with Crippen molar-refractivity contribution in [1.82, 2.24) is 4.31 Å². The summed E-state index contributed by atoms with van der Waals surface area (Å²) < 4.78 is 25.5. The van der Waals surface area contributed by atoms with Gasteiger partial charge in [0.1, 0.15) is 4.90 Å². The Bertz CT molecular complexity index is 498. The van der Waals surface area contributed by atoms with Crippen molar-refractivity contribution in [2.75, 3.05) is 26.0 Å². The number of hydrogen-bond acceptors (Lipinski definition) is 4. The van der Waals surface area contributed by atoms with E-state index in [4.69, 9.17) is 0 Å². The van der Waals surface area contributed by atoms with Gasteiger partial charge >= 0.3 is 0 Å². The highest BCUT2D eigenvalue weighted by molar-refractivity contribution is 7.89. The number of aliphatic hydroxyl groups excluding tert-OH is 1. The van der Waals surface area contributed by atoms with E-state index in [9.17, 15) is 13.5 Å². The molecule has 0 bridgehead atoms. The minimum absolute atomic E-state index is 0.275. The van der Waals surface area contributed by atoms with Crippen LogP contribution in [0.5, 0.6) is 0 Å². The predicted octanol–water partition coefficient (Wildman–Crippen LogP) is 1.51. The molecule has 6 heteroatoms. The summed E-state index contributed by atoms with van der Waals surface area (Å²) in [4.78, 5) is 0.275. The number of aliphatic hydroxyl groups is 1. The van der Waals surface area contributed by atoms with Gasteiger partial charge in [0.05, 0.1) is 11.8 Å². The Kier molecular flexibility index (Phi) is 5.78. The summed E-state index contributed by atoms with van der Waals surface area (Å²) in [5, 5.41) is 12.3. The smallest absolute Gasteiger partial charge is 0.244 e. The third kappa shape index (κ3) is 4.49. The highest BCUT2D eigenvalue weighted by atomic mass is 32.2. The summed E-state index contributed by atoms with van der Waals surface area (Å²) in [6.07, 6.45) is 1.14. The van der Waals surface area contributed by atoms with Crippen molar-refractivity contribution in [1.29, 1.82) is 0 Å². The summed E-state index contributed by atoms with van der Waals surface area (Å²) in [6, 6.07) is 6.84. The van der Waals surface area contributed by atoms with E-state index in [0.29, 0.717) is 18.7 Å². The van der Waals surface area contributed by atoms with Gasteiger partial charge in [0.25, 0.3) is 0 Å². The van der Waals surface area contributed by atoms with E-state index in [-0.39, 0.29) is 11.0 Å². The van der Waals surface area contributed by atoms with Crippen LogP contribution in [0.1, 0.15) is 19.8 Å². The number of anilines is 1. The van der Waals surface area contributed by atoms with Gasteiger partial charge in [-0.25, -0.2) is 12.7 Å². The minimum Gasteiger partial charge on any atom is -0.393 e. The number of hydrogen-bond donors (Lipinski definition) is 2. The van der Waals surface area contributed by atoms with Gasteiger partial charge < -0.3 is 10.4 Å². The van der Waals surface area contributed by atoms with Gasteiger partial charge in [-0.15, -0.1) is 0 Å². The van der Waals surface area contributed by atoms with E-state index in [1.807, 2.05) is 0 Å². The van der Waals surface area contributed by atoms with Crippen LogP contribution in [0.25, 0.3) is 0 Å².